The quantitative estimate of drug-likeness (QED) is 0.791. The van der Waals surface area contributed by atoms with Gasteiger partial charge in [0.05, 0.1) is 6.54 Å². The van der Waals surface area contributed by atoms with Gasteiger partial charge in [0.15, 0.2) is 5.78 Å². The molecule has 0 heterocycles. The van der Waals surface area contributed by atoms with Crippen LogP contribution in [-0.2, 0) is 4.79 Å². The lowest BCUT2D eigenvalue weighted by molar-refractivity contribution is -0.114. The second-order valence-corrected chi connectivity index (χ2v) is 5.81. The summed E-state index contributed by atoms with van der Waals surface area (Å²) < 4.78 is 0. The molecule has 2 aromatic carbocycles. The third-order valence-corrected chi connectivity index (χ3v) is 3.61. The second-order valence-electron chi connectivity index (χ2n) is 5.81. The molecule has 2 N–H and O–H groups in total. The number of benzene rings is 2. The molecule has 0 aromatic heterocycles. The average Bonchev–Trinajstić information content (AvgIpc) is 2.54. The molecular weight excluding hydrogens is 288 g/mol. The van der Waals surface area contributed by atoms with E-state index in [0.29, 0.717) is 11.5 Å². The minimum Gasteiger partial charge on any atom is -0.376 e. The zero-order valence-corrected chi connectivity index (χ0v) is 13.7. The molecular formula is C19H22N2O2. The highest BCUT2D eigenvalue weighted by molar-refractivity contribution is 5.95. The van der Waals surface area contributed by atoms with E-state index in [1.54, 1.807) is 24.3 Å². The summed E-state index contributed by atoms with van der Waals surface area (Å²) in [6.07, 6.45) is 0. The van der Waals surface area contributed by atoms with Crippen LogP contribution in [0.1, 0.15) is 42.6 Å². The first-order valence-corrected chi connectivity index (χ1v) is 7.70. The summed E-state index contributed by atoms with van der Waals surface area (Å²) >= 11 is 0. The van der Waals surface area contributed by atoms with Crippen molar-refractivity contribution in [3.63, 3.8) is 0 Å². The van der Waals surface area contributed by atoms with E-state index in [1.807, 2.05) is 24.3 Å². The van der Waals surface area contributed by atoms with Crippen LogP contribution >= 0.6 is 0 Å². The number of carbonyl (C=O) groups excluding carboxylic acids is 2. The SMILES string of the molecule is CC(=O)c1ccc(NCC(=O)Nc2ccc(C(C)C)cc2)cc1. The summed E-state index contributed by atoms with van der Waals surface area (Å²) in [4.78, 5) is 23.2. The predicted molar refractivity (Wildman–Crippen MR) is 94.1 cm³/mol. The molecule has 1 amide bonds. The minimum absolute atomic E-state index is 0.0270. The zero-order chi connectivity index (χ0) is 16.8. The molecule has 0 aliphatic carbocycles. The van der Waals surface area contributed by atoms with Gasteiger partial charge in [0, 0.05) is 16.9 Å². The molecule has 0 saturated carbocycles. The van der Waals surface area contributed by atoms with Crippen LogP contribution in [0.5, 0.6) is 0 Å². The van der Waals surface area contributed by atoms with Gasteiger partial charge in [0.2, 0.25) is 5.91 Å². The molecule has 0 bridgehead atoms. The van der Waals surface area contributed by atoms with E-state index in [9.17, 15) is 9.59 Å². The second kappa shape index (κ2) is 7.58. The fraction of sp³-hybridized carbons (Fsp3) is 0.263. The molecule has 0 radical (unpaired) electrons. The Morgan fingerprint density at radius 2 is 1.48 bits per heavy atom. The number of amides is 1. The van der Waals surface area contributed by atoms with Crippen LogP contribution in [0.4, 0.5) is 11.4 Å². The molecule has 0 fully saturated rings. The Balaban J connectivity index is 1.86. The monoisotopic (exact) mass is 310 g/mol. The Hall–Kier alpha value is -2.62. The van der Waals surface area contributed by atoms with Gasteiger partial charge in [-0.2, -0.15) is 0 Å². The van der Waals surface area contributed by atoms with E-state index >= 15 is 0 Å². The number of rotatable bonds is 6. The highest BCUT2D eigenvalue weighted by Gasteiger charge is 2.04. The van der Waals surface area contributed by atoms with Crippen LogP contribution < -0.4 is 10.6 Å². The summed E-state index contributed by atoms with van der Waals surface area (Å²) in [5, 5.41) is 5.89. The molecule has 0 aliphatic rings. The Labute approximate surface area is 136 Å². The van der Waals surface area contributed by atoms with Crippen molar-refractivity contribution in [1.82, 2.24) is 0 Å². The van der Waals surface area contributed by atoms with Gasteiger partial charge >= 0.3 is 0 Å². The van der Waals surface area contributed by atoms with E-state index in [2.05, 4.69) is 24.5 Å². The maximum atomic E-state index is 12.0. The number of anilines is 2. The smallest absolute Gasteiger partial charge is 0.243 e. The van der Waals surface area contributed by atoms with E-state index in [0.717, 1.165) is 11.4 Å². The van der Waals surface area contributed by atoms with Crippen LogP contribution in [0.15, 0.2) is 48.5 Å². The van der Waals surface area contributed by atoms with Crippen molar-refractivity contribution in [1.29, 1.82) is 0 Å². The topological polar surface area (TPSA) is 58.2 Å². The molecule has 4 heteroatoms. The van der Waals surface area contributed by atoms with Crippen molar-refractivity contribution >= 4 is 23.1 Å². The Morgan fingerprint density at radius 3 is 2.00 bits per heavy atom. The lowest BCUT2D eigenvalue weighted by Gasteiger charge is -2.10. The average molecular weight is 310 g/mol. The van der Waals surface area contributed by atoms with Gasteiger partial charge in [-0.05, 0) is 54.8 Å². The predicted octanol–water partition coefficient (Wildman–Crippen LogP) is 4.06. The van der Waals surface area contributed by atoms with E-state index in [4.69, 9.17) is 0 Å². The van der Waals surface area contributed by atoms with Crippen LogP contribution in [0.25, 0.3) is 0 Å². The fourth-order valence-electron chi connectivity index (χ4n) is 2.16. The van der Waals surface area contributed by atoms with Crippen LogP contribution in [0.3, 0.4) is 0 Å². The number of carbonyl (C=O) groups is 2. The first kappa shape index (κ1) is 16.7. The van der Waals surface area contributed by atoms with Gasteiger partial charge in [-0.3, -0.25) is 9.59 Å². The third kappa shape index (κ3) is 4.95. The van der Waals surface area contributed by atoms with Gasteiger partial charge in [-0.15, -0.1) is 0 Å². The number of nitrogens with one attached hydrogen (secondary N) is 2. The van der Waals surface area contributed by atoms with Crippen molar-refractivity contribution in [2.75, 3.05) is 17.2 Å². The lowest BCUT2D eigenvalue weighted by Crippen LogP contribution is -2.21. The normalized spacial score (nSPS) is 10.4. The van der Waals surface area contributed by atoms with Crippen molar-refractivity contribution < 1.29 is 9.59 Å². The van der Waals surface area contributed by atoms with Crippen molar-refractivity contribution in [3.05, 3.63) is 59.7 Å². The fourth-order valence-corrected chi connectivity index (χ4v) is 2.16. The number of hydrogen-bond acceptors (Lipinski definition) is 3. The third-order valence-electron chi connectivity index (χ3n) is 3.61. The van der Waals surface area contributed by atoms with Gasteiger partial charge < -0.3 is 10.6 Å². The summed E-state index contributed by atoms with van der Waals surface area (Å²) in [6, 6.07) is 14.9. The lowest BCUT2D eigenvalue weighted by atomic mass is 10.0. The van der Waals surface area contributed by atoms with Gasteiger partial charge in [0.1, 0.15) is 0 Å². The first-order valence-electron chi connectivity index (χ1n) is 7.70. The molecule has 4 nitrogen and oxygen atoms in total. The van der Waals surface area contributed by atoms with E-state index in [1.165, 1.54) is 12.5 Å². The van der Waals surface area contributed by atoms with E-state index in [-0.39, 0.29) is 18.2 Å². The molecule has 120 valence electrons. The maximum Gasteiger partial charge on any atom is 0.243 e. The highest BCUT2D eigenvalue weighted by Crippen LogP contribution is 2.17. The molecule has 23 heavy (non-hydrogen) atoms. The van der Waals surface area contributed by atoms with Gasteiger partial charge in [-0.1, -0.05) is 26.0 Å². The number of Topliss-reactive ketones (excluding diaryl/α,β-unsaturated/α-hetero) is 1. The summed E-state index contributed by atoms with van der Waals surface area (Å²) in [7, 11) is 0. The standard InChI is InChI=1S/C19H22N2O2/c1-13(2)15-4-10-18(11-5-15)21-19(23)12-20-17-8-6-16(7-9-17)14(3)22/h4-11,13,20H,12H2,1-3H3,(H,21,23). The van der Waals surface area contributed by atoms with E-state index < -0.39 is 0 Å². The van der Waals surface area contributed by atoms with Crippen molar-refractivity contribution in [3.8, 4) is 0 Å². The highest BCUT2D eigenvalue weighted by atomic mass is 16.2. The van der Waals surface area contributed by atoms with Gasteiger partial charge in [0.25, 0.3) is 0 Å². The molecule has 0 spiro atoms. The zero-order valence-electron chi connectivity index (χ0n) is 13.7. The number of hydrogen-bond donors (Lipinski definition) is 2. The van der Waals surface area contributed by atoms with Crippen LogP contribution in [0, 0.1) is 0 Å². The number of ketones is 1. The molecule has 2 aromatic rings. The summed E-state index contributed by atoms with van der Waals surface area (Å²) in [5.74, 6) is 0.386. The van der Waals surface area contributed by atoms with Crippen molar-refractivity contribution in [2.45, 2.75) is 26.7 Å². The molecule has 0 saturated heterocycles. The Bertz CT molecular complexity index is 674. The summed E-state index contributed by atoms with van der Waals surface area (Å²) in [5.41, 5.74) is 3.49. The van der Waals surface area contributed by atoms with Gasteiger partial charge in [-0.25, -0.2) is 0 Å². The Morgan fingerprint density at radius 1 is 0.913 bits per heavy atom. The maximum absolute atomic E-state index is 12.0. The molecule has 0 unspecified atom stereocenters. The molecule has 2 rings (SSSR count). The first-order chi connectivity index (χ1) is 11.0. The largest absolute Gasteiger partial charge is 0.376 e. The van der Waals surface area contributed by atoms with Crippen LogP contribution in [0.2, 0.25) is 0 Å². The molecule has 0 aliphatic heterocycles. The van der Waals surface area contributed by atoms with Crippen molar-refractivity contribution in [2.24, 2.45) is 0 Å². The summed E-state index contributed by atoms with van der Waals surface area (Å²) in [6.45, 7) is 5.97. The Kier molecular flexibility index (Phi) is 5.52. The molecule has 0 atom stereocenters. The minimum atomic E-state index is -0.113. The van der Waals surface area contributed by atoms with Crippen LogP contribution in [-0.4, -0.2) is 18.2 Å².